The number of fused-ring (bicyclic) bond motifs is 1. The van der Waals surface area contributed by atoms with E-state index in [1.807, 2.05) is 11.8 Å². The van der Waals surface area contributed by atoms with Crippen molar-refractivity contribution >= 4 is 22.6 Å². The molecule has 138 valence electrons. The van der Waals surface area contributed by atoms with Crippen LogP contribution in [0.5, 0.6) is 5.75 Å². The number of piperidine rings is 1. The van der Waals surface area contributed by atoms with E-state index in [0.29, 0.717) is 49.1 Å². The van der Waals surface area contributed by atoms with Gasteiger partial charge in [0.1, 0.15) is 17.7 Å². The molecule has 1 fully saturated rings. The first-order valence-electron chi connectivity index (χ1n) is 8.84. The minimum atomic E-state index is -0.927. The van der Waals surface area contributed by atoms with E-state index < -0.39 is 5.97 Å². The van der Waals surface area contributed by atoms with Crippen LogP contribution in [0.2, 0.25) is 0 Å². The molecule has 2 aromatic carbocycles. The molecule has 0 bridgehead atoms. The molecule has 0 aromatic heterocycles. The average Bonchev–Trinajstić information content (AvgIpc) is 2.62. The lowest BCUT2D eigenvalue weighted by Crippen LogP contribution is -2.41. The fraction of sp³-hybridized carbons (Fsp3) is 0.400. The summed E-state index contributed by atoms with van der Waals surface area (Å²) in [6, 6.07) is 7.82. The summed E-state index contributed by atoms with van der Waals surface area (Å²) >= 11 is 0. The molecular formula is C20H22FNO4. The number of carboxylic acid groups (broad SMARTS) is 1. The van der Waals surface area contributed by atoms with Crippen molar-refractivity contribution in [1.29, 1.82) is 0 Å². The van der Waals surface area contributed by atoms with E-state index in [1.165, 1.54) is 12.1 Å². The van der Waals surface area contributed by atoms with Crippen molar-refractivity contribution < 1.29 is 23.8 Å². The standard InChI is InChI=1S/C20H22FNO4/c1-2-19(23)22-7-5-16(6-8-22)26-18-10-13(11-20(24)25)9-14-3-4-15(21)12-17(14)18/h3-4,9-10,12,16H,2,5-8,11H2,1H3,(H,24,25). The molecule has 0 radical (unpaired) electrons. The number of rotatable bonds is 5. The van der Waals surface area contributed by atoms with E-state index in [-0.39, 0.29) is 24.2 Å². The topological polar surface area (TPSA) is 66.8 Å². The van der Waals surface area contributed by atoms with Crippen molar-refractivity contribution in [3.05, 3.63) is 41.7 Å². The van der Waals surface area contributed by atoms with Gasteiger partial charge in [-0.15, -0.1) is 0 Å². The lowest BCUT2D eigenvalue weighted by atomic mass is 10.0. The number of hydrogen-bond acceptors (Lipinski definition) is 3. The smallest absolute Gasteiger partial charge is 0.307 e. The molecule has 1 N–H and O–H groups in total. The number of carbonyl (C=O) groups is 2. The average molecular weight is 359 g/mol. The minimum absolute atomic E-state index is 0.0811. The second kappa shape index (κ2) is 7.72. The van der Waals surface area contributed by atoms with E-state index in [4.69, 9.17) is 9.84 Å². The Labute approximate surface area is 151 Å². The maximum absolute atomic E-state index is 13.7. The van der Waals surface area contributed by atoms with Gasteiger partial charge in [-0.3, -0.25) is 9.59 Å². The van der Waals surface area contributed by atoms with Crippen molar-refractivity contribution in [2.45, 2.75) is 38.7 Å². The number of nitrogens with zero attached hydrogens (tertiary/aromatic N) is 1. The van der Waals surface area contributed by atoms with E-state index in [2.05, 4.69) is 0 Å². The summed E-state index contributed by atoms with van der Waals surface area (Å²) in [6.07, 6.45) is 1.69. The van der Waals surface area contributed by atoms with Crippen LogP contribution in [0.4, 0.5) is 4.39 Å². The number of benzene rings is 2. The van der Waals surface area contributed by atoms with E-state index in [0.717, 1.165) is 5.39 Å². The predicted molar refractivity (Wildman–Crippen MR) is 95.8 cm³/mol. The summed E-state index contributed by atoms with van der Waals surface area (Å²) in [7, 11) is 0. The predicted octanol–water partition coefficient (Wildman–Crippen LogP) is 3.39. The van der Waals surface area contributed by atoms with Gasteiger partial charge in [0.05, 0.1) is 6.42 Å². The molecule has 6 heteroatoms. The number of carboxylic acids is 1. The van der Waals surface area contributed by atoms with Gasteiger partial charge in [0, 0.05) is 37.7 Å². The van der Waals surface area contributed by atoms with Gasteiger partial charge in [0.15, 0.2) is 0 Å². The molecule has 0 atom stereocenters. The number of amides is 1. The summed E-state index contributed by atoms with van der Waals surface area (Å²) in [4.78, 5) is 24.7. The summed E-state index contributed by atoms with van der Waals surface area (Å²) < 4.78 is 19.8. The molecule has 26 heavy (non-hydrogen) atoms. The zero-order chi connectivity index (χ0) is 18.7. The Kier molecular flexibility index (Phi) is 5.40. The Hall–Kier alpha value is -2.63. The molecule has 1 aliphatic rings. The zero-order valence-corrected chi connectivity index (χ0v) is 14.7. The number of halogens is 1. The largest absolute Gasteiger partial charge is 0.490 e. The quantitative estimate of drug-likeness (QED) is 0.889. The molecule has 5 nitrogen and oxygen atoms in total. The highest BCUT2D eigenvalue weighted by Crippen LogP contribution is 2.31. The summed E-state index contributed by atoms with van der Waals surface area (Å²) in [5.74, 6) is -0.654. The van der Waals surface area contributed by atoms with Crippen molar-refractivity contribution in [2.24, 2.45) is 0 Å². The molecule has 0 aliphatic carbocycles. The van der Waals surface area contributed by atoms with Crippen molar-refractivity contribution in [2.75, 3.05) is 13.1 Å². The molecular weight excluding hydrogens is 337 g/mol. The SMILES string of the molecule is CCC(=O)N1CCC(Oc2cc(CC(=O)O)cc3ccc(F)cc23)CC1. The summed E-state index contributed by atoms with van der Waals surface area (Å²) in [5.41, 5.74) is 0.616. The maximum Gasteiger partial charge on any atom is 0.307 e. The molecule has 1 saturated heterocycles. The zero-order valence-electron chi connectivity index (χ0n) is 14.7. The molecule has 3 rings (SSSR count). The highest BCUT2D eigenvalue weighted by Gasteiger charge is 2.23. The van der Waals surface area contributed by atoms with E-state index in [1.54, 1.807) is 18.2 Å². The number of carbonyl (C=O) groups excluding carboxylic acids is 1. The molecule has 0 spiro atoms. The summed E-state index contributed by atoms with van der Waals surface area (Å²) in [6.45, 7) is 3.12. The third-order valence-electron chi connectivity index (χ3n) is 4.68. The Morgan fingerprint density at radius 2 is 1.96 bits per heavy atom. The molecule has 0 unspecified atom stereocenters. The van der Waals surface area contributed by atoms with Gasteiger partial charge in [-0.05, 0) is 29.1 Å². The first-order valence-corrected chi connectivity index (χ1v) is 8.84. The van der Waals surface area contributed by atoms with Gasteiger partial charge in [-0.25, -0.2) is 4.39 Å². The Balaban J connectivity index is 1.83. The monoisotopic (exact) mass is 359 g/mol. The fourth-order valence-electron chi connectivity index (χ4n) is 3.36. The van der Waals surface area contributed by atoms with Crippen LogP contribution < -0.4 is 4.74 Å². The molecule has 2 aromatic rings. The Morgan fingerprint density at radius 1 is 1.23 bits per heavy atom. The first-order chi connectivity index (χ1) is 12.5. The number of aliphatic carboxylic acids is 1. The first kappa shape index (κ1) is 18.2. The van der Waals surface area contributed by atoms with Gasteiger partial charge in [-0.2, -0.15) is 0 Å². The molecule has 1 amide bonds. The van der Waals surface area contributed by atoms with E-state index in [9.17, 15) is 14.0 Å². The molecule has 1 heterocycles. The fourth-order valence-corrected chi connectivity index (χ4v) is 3.36. The Bertz CT molecular complexity index is 828. The van der Waals surface area contributed by atoms with Gasteiger partial charge < -0.3 is 14.7 Å². The van der Waals surface area contributed by atoms with Gasteiger partial charge in [-0.1, -0.05) is 19.1 Å². The highest BCUT2D eigenvalue weighted by molar-refractivity contribution is 5.90. The maximum atomic E-state index is 13.7. The molecule has 0 saturated carbocycles. The van der Waals surface area contributed by atoms with Crippen LogP contribution in [0.15, 0.2) is 30.3 Å². The van der Waals surface area contributed by atoms with Crippen LogP contribution in [0.25, 0.3) is 10.8 Å². The Morgan fingerprint density at radius 3 is 2.62 bits per heavy atom. The minimum Gasteiger partial charge on any atom is -0.490 e. The van der Waals surface area contributed by atoms with Crippen LogP contribution in [-0.2, 0) is 16.0 Å². The second-order valence-corrected chi connectivity index (χ2v) is 6.58. The normalized spacial score (nSPS) is 15.2. The van der Waals surface area contributed by atoms with Crippen LogP contribution in [0, 0.1) is 5.82 Å². The lowest BCUT2D eigenvalue weighted by molar-refractivity contribution is -0.136. The van der Waals surface area contributed by atoms with Gasteiger partial charge in [0.25, 0.3) is 0 Å². The summed E-state index contributed by atoms with van der Waals surface area (Å²) in [5, 5.41) is 10.4. The number of ether oxygens (including phenoxy) is 1. The third kappa shape index (κ3) is 4.12. The van der Waals surface area contributed by atoms with E-state index >= 15 is 0 Å². The van der Waals surface area contributed by atoms with Crippen LogP contribution in [0.3, 0.4) is 0 Å². The highest BCUT2D eigenvalue weighted by atomic mass is 19.1. The van der Waals surface area contributed by atoms with Gasteiger partial charge >= 0.3 is 5.97 Å². The molecule has 1 aliphatic heterocycles. The van der Waals surface area contributed by atoms with Crippen LogP contribution in [-0.4, -0.2) is 41.1 Å². The van der Waals surface area contributed by atoms with Gasteiger partial charge in [0.2, 0.25) is 5.91 Å². The van der Waals surface area contributed by atoms with Crippen molar-refractivity contribution in [3.63, 3.8) is 0 Å². The van der Waals surface area contributed by atoms with Crippen molar-refractivity contribution in [3.8, 4) is 5.75 Å². The number of hydrogen-bond donors (Lipinski definition) is 1. The second-order valence-electron chi connectivity index (χ2n) is 6.58. The number of likely N-dealkylation sites (tertiary alicyclic amines) is 1. The third-order valence-corrected chi connectivity index (χ3v) is 4.68. The lowest BCUT2D eigenvalue weighted by Gasteiger charge is -2.32. The van der Waals surface area contributed by atoms with Crippen molar-refractivity contribution in [1.82, 2.24) is 4.90 Å². The van der Waals surface area contributed by atoms with Crippen LogP contribution in [0.1, 0.15) is 31.7 Å². The van der Waals surface area contributed by atoms with Crippen LogP contribution >= 0.6 is 0 Å².